The molecule has 0 aliphatic carbocycles. The van der Waals surface area contributed by atoms with Gasteiger partial charge < -0.3 is 10.6 Å². The van der Waals surface area contributed by atoms with Crippen molar-refractivity contribution in [3.05, 3.63) is 28.2 Å². The Morgan fingerprint density at radius 2 is 2.22 bits per heavy atom. The van der Waals surface area contributed by atoms with Crippen LogP contribution in [0.4, 0.5) is 5.69 Å². The van der Waals surface area contributed by atoms with Gasteiger partial charge >= 0.3 is 0 Å². The number of aryl methyl sites for hydroxylation is 1. The molecule has 1 atom stereocenters. The Balaban J connectivity index is 2.03. The van der Waals surface area contributed by atoms with Crippen molar-refractivity contribution in [1.29, 1.82) is 0 Å². The van der Waals surface area contributed by atoms with Gasteiger partial charge in [0.15, 0.2) is 0 Å². The average Bonchev–Trinajstić information content (AvgIpc) is 2.62. The summed E-state index contributed by atoms with van der Waals surface area (Å²) in [5.41, 5.74) is 1.97. The largest absolute Gasteiger partial charge is 0.324 e. The van der Waals surface area contributed by atoms with Gasteiger partial charge in [-0.1, -0.05) is 34.8 Å². The molecule has 4 heteroatoms. The highest BCUT2D eigenvalue weighted by molar-refractivity contribution is 9.10. The second kappa shape index (κ2) is 6.34. The molecule has 98 valence electrons. The molecule has 2 rings (SSSR count). The zero-order chi connectivity index (χ0) is 13.0. The molecule has 0 aromatic heterocycles. The minimum absolute atomic E-state index is 0.0501. The van der Waals surface area contributed by atoms with E-state index in [1.807, 2.05) is 25.1 Å². The molecule has 1 aromatic carbocycles. The number of carbonyl (C=O) groups is 1. The van der Waals surface area contributed by atoms with Crippen molar-refractivity contribution in [2.24, 2.45) is 0 Å². The zero-order valence-electron chi connectivity index (χ0n) is 10.6. The van der Waals surface area contributed by atoms with E-state index < -0.39 is 0 Å². The first-order chi connectivity index (χ1) is 8.66. The van der Waals surface area contributed by atoms with E-state index in [9.17, 15) is 4.79 Å². The summed E-state index contributed by atoms with van der Waals surface area (Å²) in [6, 6.07) is 5.88. The molecule has 1 heterocycles. The molecule has 3 nitrogen and oxygen atoms in total. The minimum atomic E-state index is -0.0501. The number of rotatable bonds is 2. The van der Waals surface area contributed by atoms with E-state index in [0.29, 0.717) is 0 Å². The van der Waals surface area contributed by atoms with Crippen LogP contribution in [0.5, 0.6) is 0 Å². The highest BCUT2D eigenvalue weighted by Crippen LogP contribution is 2.21. The zero-order valence-corrected chi connectivity index (χ0v) is 12.2. The van der Waals surface area contributed by atoms with Gasteiger partial charge in [0.1, 0.15) is 0 Å². The lowest BCUT2D eigenvalue weighted by Gasteiger charge is -2.16. The van der Waals surface area contributed by atoms with Gasteiger partial charge in [0.25, 0.3) is 0 Å². The molecule has 0 radical (unpaired) electrons. The molecule has 1 aromatic rings. The maximum atomic E-state index is 12.2. The van der Waals surface area contributed by atoms with E-state index in [0.717, 1.165) is 35.1 Å². The van der Waals surface area contributed by atoms with Gasteiger partial charge in [-0.15, -0.1) is 0 Å². The second-order valence-electron chi connectivity index (χ2n) is 4.80. The lowest BCUT2D eigenvalue weighted by molar-refractivity contribution is -0.118. The number of halogens is 1. The molecule has 0 bridgehead atoms. The first kappa shape index (κ1) is 13.6. The Labute approximate surface area is 116 Å². The van der Waals surface area contributed by atoms with Crippen LogP contribution >= 0.6 is 15.9 Å². The molecular weight excluding hydrogens is 292 g/mol. The second-order valence-corrected chi connectivity index (χ2v) is 5.72. The summed E-state index contributed by atoms with van der Waals surface area (Å²) in [6.07, 6.45) is 4.44. The van der Waals surface area contributed by atoms with Gasteiger partial charge in [0.2, 0.25) is 5.91 Å². The number of benzene rings is 1. The van der Waals surface area contributed by atoms with E-state index in [2.05, 4.69) is 26.6 Å². The van der Waals surface area contributed by atoms with Crippen molar-refractivity contribution < 1.29 is 4.79 Å². The Hall–Kier alpha value is -0.870. The molecule has 1 fully saturated rings. The molecule has 2 N–H and O–H groups in total. The van der Waals surface area contributed by atoms with Crippen molar-refractivity contribution in [1.82, 2.24) is 5.32 Å². The predicted octanol–water partition coefficient (Wildman–Crippen LogP) is 3.23. The van der Waals surface area contributed by atoms with Gasteiger partial charge in [-0.2, -0.15) is 0 Å². The summed E-state index contributed by atoms with van der Waals surface area (Å²) >= 11 is 3.43. The number of hydrogen-bond acceptors (Lipinski definition) is 2. The quantitative estimate of drug-likeness (QED) is 0.880. The Morgan fingerprint density at radius 3 is 3.06 bits per heavy atom. The molecular formula is C14H19BrN2O. The van der Waals surface area contributed by atoms with Crippen LogP contribution in [0, 0.1) is 6.92 Å². The fourth-order valence-corrected chi connectivity index (χ4v) is 2.56. The third kappa shape index (κ3) is 3.56. The van der Waals surface area contributed by atoms with Crippen molar-refractivity contribution >= 4 is 27.5 Å². The standard InChI is InChI=1S/C14H19BrN2O/c1-10-6-7-11(15)9-13(10)17-14(18)12-5-3-2-4-8-16-12/h6-7,9,12,16H,2-5,8H2,1H3,(H,17,18). The van der Waals surface area contributed by atoms with Gasteiger partial charge in [0, 0.05) is 10.2 Å². The van der Waals surface area contributed by atoms with Crippen molar-refractivity contribution in [3.63, 3.8) is 0 Å². The number of amides is 1. The maximum absolute atomic E-state index is 12.2. The molecule has 18 heavy (non-hydrogen) atoms. The SMILES string of the molecule is Cc1ccc(Br)cc1NC(=O)C1CCCCCN1. The van der Waals surface area contributed by atoms with Gasteiger partial charge in [-0.3, -0.25) is 4.79 Å². The summed E-state index contributed by atoms with van der Waals surface area (Å²) in [7, 11) is 0. The van der Waals surface area contributed by atoms with Crippen molar-refractivity contribution in [2.75, 3.05) is 11.9 Å². The maximum Gasteiger partial charge on any atom is 0.241 e. The Bertz CT molecular complexity index is 426. The third-order valence-electron chi connectivity index (χ3n) is 3.33. The van der Waals surface area contributed by atoms with Crippen LogP contribution in [-0.4, -0.2) is 18.5 Å². The average molecular weight is 311 g/mol. The van der Waals surface area contributed by atoms with Gasteiger partial charge in [0.05, 0.1) is 6.04 Å². The summed E-state index contributed by atoms with van der Waals surface area (Å²) in [5.74, 6) is 0.0816. The Kier molecular flexibility index (Phi) is 4.78. The van der Waals surface area contributed by atoms with Crippen LogP contribution in [0.15, 0.2) is 22.7 Å². The third-order valence-corrected chi connectivity index (χ3v) is 3.83. The summed E-state index contributed by atoms with van der Waals surface area (Å²) in [5, 5.41) is 6.33. The van der Waals surface area contributed by atoms with Gasteiger partial charge in [-0.25, -0.2) is 0 Å². The van der Waals surface area contributed by atoms with Crippen molar-refractivity contribution in [3.8, 4) is 0 Å². The lowest BCUT2D eigenvalue weighted by atomic mass is 10.1. The van der Waals surface area contributed by atoms with E-state index in [1.165, 1.54) is 12.8 Å². The molecule has 1 aliphatic rings. The number of anilines is 1. The fraction of sp³-hybridized carbons (Fsp3) is 0.500. The van der Waals surface area contributed by atoms with E-state index >= 15 is 0 Å². The smallest absolute Gasteiger partial charge is 0.241 e. The van der Waals surface area contributed by atoms with Crippen LogP contribution in [0.3, 0.4) is 0 Å². The number of nitrogens with one attached hydrogen (secondary N) is 2. The molecule has 1 amide bonds. The summed E-state index contributed by atoms with van der Waals surface area (Å²) < 4.78 is 0.984. The predicted molar refractivity (Wildman–Crippen MR) is 77.8 cm³/mol. The fourth-order valence-electron chi connectivity index (χ4n) is 2.20. The van der Waals surface area contributed by atoms with Crippen LogP contribution in [0.25, 0.3) is 0 Å². The summed E-state index contributed by atoms with van der Waals surface area (Å²) in [4.78, 5) is 12.2. The van der Waals surface area contributed by atoms with Crippen LogP contribution in [-0.2, 0) is 4.79 Å². The first-order valence-corrected chi connectivity index (χ1v) is 7.26. The van der Waals surface area contributed by atoms with Gasteiger partial charge in [-0.05, 0) is 44.0 Å². The summed E-state index contributed by atoms with van der Waals surface area (Å²) in [6.45, 7) is 2.94. The normalized spacial score (nSPS) is 20.2. The number of carbonyl (C=O) groups excluding carboxylic acids is 1. The first-order valence-electron chi connectivity index (χ1n) is 6.47. The Morgan fingerprint density at radius 1 is 1.39 bits per heavy atom. The van der Waals surface area contributed by atoms with E-state index in [-0.39, 0.29) is 11.9 Å². The minimum Gasteiger partial charge on any atom is -0.324 e. The van der Waals surface area contributed by atoms with E-state index in [1.54, 1.807) is 0 Å². The molecule has 1 aliphatic heterocycles. The highest BCUT2D eigenvalue weighted by Gasteiger charge is 2.19. The molecule has 1 unspecified atom stereocenters. The topological polar surface area (TPSA) is 41.1 Å². The van der Waals surface area contributed by atoms with Crippen LogP contribution in [0.2, 0.25) is 0 Å². The molecule has 0 spiro atoms. The molecule has 1 saturated heterocycles. The van der Waals surface area contributed by atoms with Crippen molar-refractivity contribution in [2.45, 2.75) is 38.6 Å². The van der Waals surface area contributed by atoms with Crippen LogP contribution in [0.1, 0.15) is 31.2 Å². The highest BCUT2D eigenvalue weighted by atomic mass is 79.9. The lowest BCUT2D eigenvalue weighted by Crippen LogP contribution is -2.39. The van der Waals surface area contributed by atoms with Crippen LogP contribution < -0.4 is 10.6 Å². The monoisotopic (exact) mass is 310 g/mol. The van der Waals surface area contributed by atoms with E-state index in [4.69, 9.17) is 0 Å². The number of hydrogen-bond donors (Lipinski definition) is 2. The molecule has 0 saturated carbocycles.